The number of aromatic nitrogens is 4. The maximum absolute atomic E-state index is 13.8. The van der Waals surface area contributed by atoms with Crippen LogP contribution in [0.5, 0.6) is 0 Å². The van der Waals surface area contributed by atoms with Gasteiger partial charge in [-0.2, -0.15) is 5.10 Å². The molecular formula is C31H30FN5O. The van der Waals surface area contributed by atoms with Crippen molar-refractivity contribution in [1.29, 1.82) is 0 Å². The Morgan fingerprint density at radius 3 is 2.55 bits per heavy atom. The standard InChI is InChI=1S/C31H30FN5O/c1-20-26-17-23(11-12-28(26)37(34-20)25-6-4-5-24(32)18-25)31(38)35-15-13-22(14-16-35)30-33-27-7-2-3-8-29(27)36(30)19-21-9-10-21/h2-8,11-12,17-18,21-22H,9-10,13-16,19H2,1H3. The number of likely N-dealkylation sites (tertiary alicyclic amines) is 1. The van der Waals surface area contributed by atoms with E-state index in [0.29, 0.717) is 17.2 Å². The van der Waals surface area contributed by atoms with Crippen LogP contribution in [0.25, 0.3) is 27.6 Å². The molecule has 0 unspecified atom stereocenters. The fourth-order valence-electron chi connectivity index (χ4n) is 5.89. The Morgan fingerprint density at radius 2 is 1.76 bits per heavy atom. The Morgan fingerprint density at radius 1 is 0.947 bits per heavy atom. The Kier molecular flexibility index (Phi) is 5.53. The number of hydrogen-bond donors (Lipinski definition) is 0. The maximum atomic E-state index is 13.8. The molecule has 1 aliphatic carbocycles. The van der Waals surface area contributed by atoms with Crippen LogP contribution in [0, 0.1) is 18.7 Å². The molecule has 7 heteroatoms. The highest BCUT2D eigenvalue weighted by atomic mass is 19.1. The maximum Gasteiger partial charge on any atom is 0.253 e. The van der Waals surface area contributed by atoms with E-state index >= 15 is 0 Å². The van der Waals surface area contributed by atoms with Crippen LogP contribution in [0.15, 0.2) is 66.7 Å². The minimum absolute atomic E-state index is 0.0507. The molecule has 1 amide bonds. The predicted octanol–water partition coefficient (Wildman–Crippen LogP) is 6.25. The molecule has 3 aromatic carbocycles. The number of fused-ring (bicyclic) bond motifs is 2. The molecule has 5 aromatic rings. The molecule has 7 rings (SSSR count). The summed E-state index contributed by atoms with van der Waals surface area (Å²) in [7, 11) is 0. The van der Waals surface area contributed by atoms with Crippen LogP contribution in [0.4, 0.5) is 4.39 Å². The van der Waals surface area contributed by atoms with E-state index in [1.165, 1.54) is 36.3 Å². The average Bonchev–Trinajstić information content (AvgIpc) is 3.61. The van der Waals surface area contributed by atoms with Gasteiger partial charge in [-0.1, -0.05) is 18.2 Å². The number of rotatable bonds is 5. The van der Waals surface area contributed by atoms with Crippen molar-refractivity contribution in [1.82, 2.24) is 24.2 Å². The SMILES string of the molecule is Cc1nn(-c2cccc(F)c2)c2ccc(C(=O)N3CCC(c4nc5ccccc5n4CC4CC4)CC3)cc12. The van der Waals surface area contributed by atoms with Gasteiger partial charge in [-0.15, -0.1) is 0 Å². The van der Waals surface area contributed by atoms with E-state index in [9.17, 15) is 9.18 Å². The molecule has 192 valence electrons. The molecule has 38 heavy (non-hydrogen) atoms. The second-order valence-corrected chi connectivity index (χ2v) is 10.8. The Hall–Kier alpha value is -4.00. The van der Waals surface area contributed by atoms with E-state index in [-0.39, 0.29) is 11.7 Å². The van der Waals surface area contributed by atoms with E-state index in [0.717, 1.165) is 60.5 Å². The number of carbonyl (C=O) groups excluding carboxylic acids is 1. The fourth-order valence-corrected chi connectivity index (χ4v) is 5.89. The Bertz CT molecular complexity index is 1670. The zero-order chi connectivity index (χ0) is 25.8. The number of nitrogens with zero attached hydrogens (tertiary/aromatic N) is 5. The van der Waals surface area contributed by atoms with Crippen LogP contribution in [-0.4, -0.2) is 43.2 Å². The molecular weight excluding hydrogens is 477 g/mol. The van der Waals surface area contributed by atoms with Crippen LogP contribution in [0.2, 0.25) is 0 Å². The first-order valence-corrected chi connectivity index (χ1v) is 13.5. The number of carbonyl (C=O) groups is 1. The summed E-state index contributed by atoms with van der Waals surface area (Å²) < 4.78 is 18.0. The van der Waals surface area contributed by atoms with Crippen molar-refractivity contribution in [2.75, 3.05) is 13.1 Å². The minimum atomic E-state index is -0.304. The average molecular weight is 508 g/mol. The predicted molar refractivity (Wildman–Crippen MR) is 146 cm³/mol. The first-order valence-electron chi connectivity index (χ1n) is 13.5. The van der Waals surface area contributed by atoms with Crippen LogP contribution < -0.4 is 0 Å². The van der Waals surface area contributed by atoms with Crippen molar-refractivity contribution < 1.29 is 9.18 Å². The summed E-state index contributed by atoms with van der Waals surface area (Å²) in [5.41, 5.74) is 5.31. The number of piperidine rings is 1. The lowest BCUT2D eigenvalue weighted by atomic mass is 9.95. The summed E-state index contributed by atoms with van der Waals surface area (Å²) in [6.07, 6.45) is 4.45. The van der Waals surface area contributed by atoms with Gasteiger partial charge in [0.05, 0.1) is 27.9 Å². The third kappa shape index (κ3) is 4.06. The molecule has 1 saturated carbocycles. The van der Waals surface area contributed by atoms with Gasteiger partial charge in [0, 0.05) is 36.5 Å². The molecule has 2 aliphatic rings. The van der Waals surface area contributed by atoms with Crippen LogP contribution in [0.1, 0.15) is 53.5 Å². The van der Waals surface area contributed by atoms with Crippen molar-refractivity contribution in [2.45, 2.75) is 45.1 Å². The number of amides is 1. The molecule has 6 nitrogen and oxygen atoms in total. The molecule has 2 aromatic heterocycles. The number of benzene rings is 3. The first kappa shape index (κ1) is 23.1. The molecule has 0 atom stereocenters. The van der Waals surface area contributed by atoms with Gasteiger partial charge in [-0.3, -0.25) is 4.79 Å². The topological polar surface area (TPSA) is 56.0 Å². The van der Waals surface area contributed by atoms with Gasteiger partial charge in [0.25, 0.3) is 5.91 Å². The van der Waals surface area contributed by atoms with Crippen LogP contribution >= 0.6 is 0 Å². The highest BCUT2D eigenvalue weighted by molar-refractivity contribution is 5.99. The zero-order valence-electron chi connectivity index (χ0n) is 21.5. The van der Waals surface area contributed by atoms with Crippen molar-refractivity contribution >= 4 is 27.8 Å². The normalized spacial score (nSPS) is 16.5. The van der Waals surface area contributed by atoms with Crippen LogP contribution in [-0.2, 0) is 6.54 Å². The van der Waals surface area contributed by atoms with Gasteiger partial charge in [-0.05, 0) is 87.1 Å². The Labute approximate surface area is 220 Å². The summed E-state index contributed by atoms with van der Waals surface area (Å²) in [5, 5.41) is 5.53. The second kappa shape index (κ2) is 9.08. The van der Waals surface area contributed by atoms with E-state index in [1.807, 2.05) is 36.1 Å². The van der Waals surface area contributed by atoms with Gasteiger partial charge in [0.1, 0.15) is 11.6 Å². The fraction of sp³-hybridized carbons (Fsp3) is 0.323. The van der Waals surface area contributed by atoms with Gasteiger partial charge in [-0.25, -0.2) is 14.1 Å². The molecule has 1 saturated heterocycles. The molecule has 3 heterocycles. The van der Waals surface area contributed by atoms with Crippen molar-refractivity contribution in [3.8, 4) is 5.69 Å². The number of aryl methyl sites for hydroxylation is 1. The summed E-state index contributed by atoms with van der Waals surface area (Å²) in [4.78, 5) is 20.5. The molecule has 1 aliphatic heterocycles. The first-order chi connectivity index (χ1) is 18.5. The number of hydrogen-bond acceptors (Lipinski definition) is 3. The lowest BCUT2D eigenvalue weighted by Crippen LogP contribution is -2.38. The monoisotopic (exact) mass is 507 g/mol. The molecule has 0 bridgehead atoms. The minimum Gasteiger partial charge on any atom is -0.339 e. The number of para-hydroxylation sites is 2. The zero-order valence-corrected chi connectivity index (χ0v) is 21.5. The van der Waals surface area contributed by atoms with Gasteiger partial charge in [0.15, 0.2) is 0 Å². The van der Waals surface area contributed by atoms with Crippen LogP contribution in [0.3, 0.4) is 0 Å². The lowest BCUT2D eigenvalue weighted by Gasteiger charge is -2.32. The van der Waals surface area contributed by atoms with Gasteiger partial charge < -0.3 is 9.47 Å². The smallest absolute Gasteiger partial charge is 0.253 e. The summed E-state index contributed by atoms with van der Waals surface area (Å²) in [6.45, 7) is 4.41. The summed E-state index contributed by atoms with van der Waals surface area (Å²) in [6, 6.07) is 20.5. The van der Waals surface area contributed by atoms with E-state index in [2.05, 4.69) is 33.9 Å². The second-order valence-electron chi connectivity index (χ2n) is 10.8. The third-order valence-electron chi connectivity index (χ3n) is 8.13. The summed E-state index contributed by atoms with van der Waals surface area (Å²) >= 11 is 0. The van der Waals surface area contributed by atoms with E-state index in [4.69, 9.17) is 4.98 Å². The van der Waals surface area contributed by atoms with Crippen molar-refractivity contribution in [3.63, 3.8) is 0 Å². The van der Waals surface area contributed by atoms with Crippen molar-refractivity contribution in [3.05, 3.63) is 89.6 Å². The molecule has 0 spiro atoms. The number of imidazole rings is 1. The highest BCUT2D eigenvalue weighted by Crippen LogP contribution is 2.36. The highest BCUT2D eigenvalue weighted by Gasteiger charge is 2.30. The molecule has 2 fully saturated rings. The van der Waals surface area contributed by atoms with Gasteiger partial charge in [0.2, 0.25) is 0 Å². The lowest BCUT2D eigenvalue weighted by molar-refractivity contribution is 0.0710. The number of halogens is 1. The largest absolute Gasteiger partial charge is 0.339 e. The molecule has 0 radical (unpaired) electrons. The van der Waals surface area contributed by atoms with Crippen molar-refractivity contribution in [2.24, 2.45) is 5.92 Å². The summed E-state index contributed by atoms with van der Waals surface area (Å²) in [5.74, 6) is 2.07. The van der Waals surface area contributed by atoms with E-state index < -0.39 is 0 Å². The molecule has 0 N–H and O–H groups in total. The van der Waals surface area contributed by atoms with E-state index in [1.54, 1.807) is 10.7 Å². The Balaban J connectivity index is 1.11. The quantitative estimate of drug-likeness (QED) is 0.282. The van der Waals surface area contributed by atoms with Gasteiger partial charge >= 0.3 is 0 Å². The third-order valence-corrected chi connectivity index (χ3v) is 8.13.